The molecule has 104 valence electrons. The van der Waals surface area contributed by atoms with Crippen molar-refractivity contribution in [1.82, 2.24) is 9.71 Å². The molecule has 3 N–H and O–H groups in total. The summed E-state index contributed by atoms with van der Waals surface area (Å²) >= 11 is 0. The van der Waals surface area contributed by atoms with Gasteiger partial charge in [0.05, 0.1) is 13.3 Å². The lowest BCUT2D eigenvalue weighted by Crippen LogP contribution is -2.45. The van der Waals surface area contributed by atoms with Crippen molar-refractivity contribution in [2.24, 2.45) is 5.73 Å². The van der Waals surface area contributed by atoms with Crippen LogP contribution in [0.2, 0.25) is 0 Å². The SMILES string of the molecule is COc1ccc(S(=O)(=O)NCC(C)(C)N)cn1.Cl. The van der Waals surface area contributed by atoms with Gasteiger partial charge in [0.25, 0.3) is 0 Å². The van der Waals surface area contributed by atoms with E-state index in [2.05, 4.69) is 9.71 Å². The maximum Gasteiger partial charge on any atom is 0.242 e. The Morgan fingerprint density at radius 3 is 2.44 bits per heavy atom. The van der Waals surface area contributed by atoms with Gasteiger partial charge >= 0.3 is 0 Å². The Hall–Kier alpha value is -0.890. The van der Waals surface area contributed by atoms with E-state index in [9.17, 15) is 8.42 Å². The van der Waals surface area contributed by atoms with Crippen LogP contribution in [0.5, 0.6) is 5.88 Å². The summed E-state index contributed by atoms with van der Waals surface area (Å²) < 4.78 is 30.9. The van der Waals surface area contributed by atoms with Gasteiger partial charge in [-0.15, -0.1) is 12.4 Å². The maximum atomic E-state index is 11.8. The molecular formula is C10H18ClN3O3S. The molecule has 0 aliphatic carbocycles. The van der Waals surface area contributed by atoms with Crippen molar-refractivity contribution in [3.63, 3.8) is 0 Å². The average Bonchev–Trinajstić information content (AvgIpc) is 2.26. The van der Waals surface area contributed by atoms with E-state index in [0.29, 0.717) is 5.88 Å². The third-order valence-electron chi connectivity index (χ3n) is 1.95. The zero-order valence-corrected chi connectivity index (χ0v) is 12.1. The van der Waals surface area contributed by atoms with Crippen molar-refractivity contribution in [1.29, 1.82) is 0 Å². The van der Waals surface area contributed by atoms with E-state index in [1.54, 1.807) is 13.8 Å². The van der Waals surface area contributed by atoms with Crippen molar-refractivity contribution in [3.05, 3.63) is 18.3 Å². The number of nitrogens with one attached hydrogen (secondary N) is 1. The fourth-order valence-electron chi connectivity index (χ4n) is 1.01. The molecule has 1 aromatic rings. The second-order valence-corrected chi connectivity index (χ2v) is 6.12. The second kappa shape index (κ2) is 6.33. The fraction of sp³-hybridized carbons (Fsp3) is 0.500. The lowest BCUT2D eigenvalue weighted by molar-refractivity contribution is 0.397. The normalized spacial score (nSPS) is 11.8. The molecule has 0 fully saturated rings. The van der Waals surface area contributed by atoms with Crippen LogP contribution >= 0.6 is 12.4 Å². The number of methoxy groups -OCH3 is 1. The van der Waals surface area contributed by atoms with Gasteiger partial charge in [0.1, 0.15) is 4.90 Å². The van der Waals surface area contributed by atoms with Crippen LogP contribution in [-0.2, 0) is 10.0 Å². The van der Waals surface area contributed by atoms with Gasteiger partial charge in [-0.3, -0.25) is 0 Å². The number of aromatic nitrogens is 1. The Labute approximate surface area is 113 Å². The van der Waals surface area contributed by atoms with Crippen LogP contribution in [0.3, 0.4) is 0 Å². The number of nitrogens with two attached hydrogens (primary N) is 1. The van der Waals surface area contributed by atoms with Gasteiger partial charge in [-0.2, -0.15) is 0 Å². The van der Waals surface area contributed by atoms with E-state index in [1.165, 1.54) is 25.4 Å². The van der Waals surface area contributed by atoms with Crippen molar-refractivity contribution in [2.45, 2.75) is 24.3 Å². The standard InChI is InChI=1S/C10H17N3O3S.ClH/c1-10(2,11)7-13-17(14,15)8-4-5-9(16-3)12-6-8;/h4-6,13H,7,11H2,1-3H3;1H. The Balaban J connectivity index is 0.00000289. The Morgan fingerprint density at radius 1 is 1.44 bits per heavy atom. The third kappa shape index (κ3) is 5.18. The Kier molecular flexibility index (Phi) is 6.01. The second-order valence-electron chi connectivity index (χ2n) is 4.35. The van der Waals surface area contributed by atoms with Gasteiger partial charge < -0.3 is 10.5 Å². The summed E-state index contributed by atoms with van der Waals surface area (Å²) in [6, 6.07) is 2.92. The molecule has 0 radical (unpaired) electrons. The minimum absolute atomic E-state index is 0. The quantitative estimate of drug-likeness (QED) is 0.826. The summed E-state index contributed by atoms with van der Waals surface area (Å²) in [7, 11) is -2.10. The smallest absolute Gasteiger partial charge is 0.242 e. The lowest BCUT2D eigenvalue weighted by Gasteiger charge is -2.18. The number of sulfonamides is 1. The lowest BCUT2D eigenvalue weighted by atomic mass is 10.1. The number of rotatable bonds is 5. The van der Waals surface area contributed by atoms with E-state index < -0.39 is 15.6 Å². The molecule has 0 aliphatic heterocycles. The molecule has 6 nitrogen and oxygen atoms in total. The number of hydrogen-bond acceptors (Lipinski definition) is 5. The minimum atomic E-state index is -3.57. The number of nitrogens with zero attached hydrogens (tertiary/aromatic N) is 1. The summed E-state index contributed by atoms with van der Waals surface area (Å²) in [6.45, 7) is 3.63. The molecule has 0 aromatic carbocycles. The van der Waals surface area contributed by atoms with Crippen LogP contribution < -0.4 is 15.2 Å². The molecule has 1 aromatic heterocycles. The van der Waals surface area contributed by atoms with Gasteiger partial charge in [-0.25, -0.2) is 18.1 Å². The average molecular weight is 296 g/mol. The van der Waals surface area contributed by atoms with Crippen molar-refractivity contribution < 1.29 is 13.2 Å². The van der Waals surface area contributed by atoms with Crippen molar-refractivity contribution in [3.8, 4) is 5.88 Å². The summed E-state index contributed by atoms with van der Waals surface area (Å²) in [4.78, 5) is 3.92. The van der Waals surface area contributed by atoms with E-state index in [0.717, 1.165) is 0 Å². The molecule has 0 spiro atoms. The Bertz CT molecular complexity index is 468. The first kappa shape index (κ1) is 17.1. The molecule has 0 unspecified atom stereocenters. The fourth-order valence-corrected chi connectivity index (χ4v) is 2.18. The summed E-state index contributed by atoms with van der Waals surface area (Å²) in [5.41, 5.74) is 5.10. The summed E-state index contributed by atoms with van der Waals surface area (Å²) in [5.74, 6) is 0.364. The largest absolute Gasteiger partial charge is 0.481 e. The molecule has 0 amide bonds. The topological polar surface area (TPSA) is 94.3 Å². The number of hydrogen-bond donors (Lipinski definition) is 2. The van der Waals surface area contributed by atoms with Crippen molar-refractivity contribution in [2.75, 3.05) is 13.7 Å². The maximum absolute atomic E-state index is 11.8. The van der Waals surface area contributed by atoms with Crippen LogP contribution in [0.15, 0.2) is 23.2 Å². The van der Waals surface area contributed by atoms with E-state index >= 15 is 0 Å². The molecule has 0 saturated carbocycles. The number of halogens is 1. The van der Waals surface area contributed by atoms with E-state index in [-0.39, 0.29) is 23.8 Å². The molecule has 18 heavy (non-hydrogen) atoms. The summed E-state index contributed by atoms with van der Waals surface area (Å²) in [6.07, 6.45) is 1.24. The van der Waals surface area contributed by atoms with Crippen LogP contribution in [0.4, 0.5) is 0 Å². The number of pyridine rings is 1. The highest BCUT2D eigenvalue weighted by atomic mass is 35.5. The van der Waals surface area contributed by atoms with Gasteiger partial charge in [-0.05, 0) is 19.9 Å². The predicted octanol–water partition coefficient (Wildman–Crippen LogP) is 0.528. The third-order valence-corrected chi connectivity index (χ3v) is 3.33. The van der Waals surface area contributed by atoms with Crippen LogP contribution in [0.1, 0.15) is 13.8 Å². The van der Waals surface area contributed by atoms with E-state index in [4.69, 9.17) is 10.5 Å². The number of ether oxygens (including phenoxy) is 1. The predicted molar refractivity (Wildman–Crippen MR) is 71.5 cm³/mol. The highest BCUT2D eigenvalue weighted by molar-refractivity contribution is 7.89. The van der Waals surface area contributed by atoms with Gasteiger partial charge in [0.15, 0.2) is 0 Å². The molecule has 8 heteroatoms. The molecular weight excluding hydrogens is 278 g/mol. The first-order chi connectivity index (χ1) is 7.74. The van der Waals surface area contributed by atoms with Crippen LogP contribution in [0, 0.1) is 0 Å². The molecule has 0 atom stereocenters. The zero-order chi connectivity index (χ0) is 13.1. The van der Waals surface area contributed by atoms with Crippen LogP contribution in [-0.4, -0.2) is 32.6 Å². The Morgan fingerprint density at radius 2 is 2.06 bits per heavy atom. The first-order valence-electron chi connectivity index (χ1n) is 5.03. The van der Waals surface area contributed by atoms with Crippen molar-refractivity contribution >= 4 is 22.4 Å². The molecule has 1 heterocycles. The van der Waals surface area contributed by atoms with E-state index in [1.807, 2.05) is 0 Å². The first-order valence-corrected chi connectivity index (χ1v) is 6.51. The van der Waals surface area contributed by atoms with Gasteiger partial charge in [-0.1, -0.05) is 0 Å². The van der Waals surface area contributed by atoms with Gasteiger partial charge in [0, 0.05) is 18.2 Å². The zero-order valence-electron chi connectivity index (χ0n) is 10.5. The molecule has 0 aliphatic rings. The highest BCUT2D eigenvalue weighted by Crippen LogP contribution is 2.11. The highest BCUT2D eigenvalue weighted by Gasteiger charge is 2.18. The summed E-state index contributed by atoms with van der Waals surface area (Å²) in [5, 5.41) is 0. The van der Waals surface area contributed by atoms with Crippen LogP contribution in [0.25, 0.3) is 0 Å². The minimum Gasteiger partial charge on any atom is -0.481 e. The van der Waals surface area contributed by atoms with Gasteiger partial charge in [0.2, 0.25) is 15.9 Å². The monoisotopic (exact) mass is 295 g/mol. The molecule has 0 bridgehead atoms. The molecule has 0 saturated heterocycles. The molecule has 1 rings (SSSR count).